The van der Waals surface area contributed by atoms with Crippen molar-refractivity contribution in [1.29, 1.82) is 5.26 Å². The molecule has 0 saturated carbocycles. The maximum Gasteiger partial charge on any atom is 0.0992 e. The molecule has 1 aromatic rings. The molecule has 0 radical (unpaired) electrons. The van der Waals surface area contributed by atoms with Gasteiger partial charge in [-0.15, -0.1) is 0 Å². The lowest BCUT2D eigenvalue weighted by Gasteiger charge is -2.40. The van der Waals surface area contributed by atoms with Crippen molar-refractivity contribution < 1.29 is 0 Å². The van der Waals surface area contributed by atoms with Crippen molar-refractivity contribution >= 4 is 21.6 Å². The largest absolute Gasteiger partial charge is 0.368 e. The molecule has 2 rings (SSSR count). The quantitative estimate of drug-likeness (QED) is 0.784. The van der Waals surface area contributed by atoms with E-state index in [-0.39, 0.29) is 0 Å². The molecule has 90 valence electrons. The Morgan fingerprint density at radius 2 is 2.18 bits per heavy atom. The molecule has 1 heterocycles. The first-order valence-electron chi connectivity index (χ1n) is 6.09. The summed E-state index contributed by atoms with van der Waals surface area (Å²) in [7, 11) is 0. The molecule has 2 unspecified atom stereocenters. The third kappa shape index (κ3) is 2.47. The van der Waals surface area contributed by atoms with Crippen LogP contribution in [0.3, 0.4) is 0 Å². The smallest absolute Gasteiger partial charge is 0.0992 e. The average Bonchev–Trinajstić information content (AvgIpc) is 2.33. The molecule has 0 bridgehead atoms. The van der Waals surface area contributed by atoms with Crippen LogP contribution in [0, 0.1) is 17.2 Å². The number of hydrogen-bond donors (Lipinski definition) is 0. The second-order valence-corrected chi connectivity index (χ2v) is 5.69. The molecule has 0 spiro atoms. The zero-order chi connectivity index (χ0) is 12.4. The molecule has 2 atom stereocenters. The van der Waals surface area contributed by atoms with Crippen LogP contribution in [0.5, 0.6) is 0 Å². The highest BCUT2D eigenvalue weighted by atomic mass is 79.9. The molecule has 0 N–H and O–H groups in total. The summed E-state index contributed by atoms with van der Waals surface area (Å²) in [5, 5.41) is 8.87. The molecule has 0 amide bonds. The lowest BCUT2D eigenvalue weighted by Crippen LogP contribution is -2.42. The molecule has 1 aromatic carbocycles. The van der Waals surface area contributed by atoms with Crippen LogP contribution in [0.1, 0.15) is 32.3 Å². The lowest BCUT2D eigenvalue weighted by atomic mass is 9.91. The van der Waals surface area contributed by atoms with Crippen LogP contribution in [-0.4, -0.2) is 12.6 Å². The van der Waals surface area contributed by atoms with Crippen LogP contribution in [0.4, 0.5) is 5.69 Å². The van der Waals surface area contributed by atoms with Crippen LogP contribution >= 0.6 is 15.9 Å². The standard InChI is InChI=1S/C14H17BrN2/c1-10-4-3-7-17(11(10)2)14-6-5-12(9-16)8-13(14)15/h5-6,8,10-11H,3-4,7H2,1-2H3. The highest BCUT2D eigenvalue weighted by Crippen LogP contribution is 2.33. The Balaban J connectivity index is 2.31. The molecular formula is C14H17BrN2. The fourth-order valence-corrected chi connectivity index (χ4v) is 3.09. The van der Waals surface area contributed by atoms with Crippen LogP contribution in [0.2, 0.25) is 0 Å². The minimum atomic E-state index is 0.563. The molecule has 1 fully saturated rings. The van der Waals surface area contributed by atoms with E-state index in [2.05, 4.69) is 46.8 Å². The minimum absolute atomic E-state index is 0.563. The van der Waals surface area contributed by atoms with Gasteiger partial charge in [0, 0.05) is 17.1 Å². The molecule has 2 nitrogen and oxygen atoms in total. The SMILES string of the molecule is CC1CCCN(c2ccc(C#N)cc2Br)C1C. The lowest BCUT2D eigenvalue weighted by molar-refractivity contribution is 0.363. The van der Waals surface area contributed by atoms with Gasteiger partial charge in [0.15, 0.2) is 0 Å². The van der Waals surface area contributed by atoms with Crippen molar-refractivity contribution in [1.82, 2.24) is 0 Å². The van der Waals surface area contributed by atoms with E-state index in [0.29, 0.717) is 11.6 Å². The number of hydrogen-bond acceptors (Lipinski definition) is 2. The van der Waals surface area contributed by atoms with Crippen molar-refractivity contribution in [2.45, 2.75) is 32.7 Å². The Bertz CT molecular complexity index is 450. The van der Waals surface area contributed by atoms with Gasteiger partial charge in [0.25, 0.3) is 0 Å². The highest BCUT2D eigenvalue weighted by Gasteiger charge is 2.25. The maximum atomic E-state index is 8.87. The number of rotatable bonds is 1. The van der Waals surface area contributed by atoms with Gasteiger partial charge < -0.3 is 4.90 Å². The van der Waals surface area contributed by atoms with Crippen molar-refractivity contribution in [3.63, 3.8) is 0 Å². The summed E-state index contributed by atoms with van der Waals surface area (Å²) in [6, 6.07) is 8.58. The van der Waals surface area contributed by atoms with Gasteiger partial charge in [0.05, 0.1) is 17.3 Å². The number of piperidine rings is 1. The average molecular weight is 293 g/mol. The van der Waals surface area contributed by atoms with E-state index in [4.69, 9.17) is 5.26 Å². The summed E-state index contributed by atoms with van der Waals surface area (Å²) in [6.45, 7) is 5.71. The number of benzene rings is 1. The summed E-state index contributed by atoms with van der Waals surface area (Å²) in [6.07, 6.45) is 2.56. The molecule has 17 heavy (non-hydrogen) atoms. The zero-order valence-corrected chi connectivity index (χ0v) is 11.9. The first-order valence-corrected chi connectivity index (χ1v) is 6.89. The van der Waals surface area contributed by atoms with E-state index in [0.717, 1.165) is 16.9 Å². The highest BCUT2D eigenvalue weighted by molar-refractivity contribution is 9.10. The number of nitriles is 1. The van der Waals surface area contributed by atoms with Gasteiger partial charge in [-0.05, 0) is 59.8 Å². The van der Waals surface area contributed by atoms with Crippen molar-refractivity contribution in [2.24, 2.45) is 5.92 Å². The van der Waals surface area contributed by atoms with Gasteiger partial charge in [-0.1, -0.05) is 6.92 Å². The molecule has 0 aliphatic carbocycles. The molecule has 0 aromatic heterocycles. The van der Waals surface area contributed by atoms with Crippen LogP contribution in [0.25, 0.3) is 0 Å². The molecule has 1 aliphatic rings. The Kier molecular flexibility index (Phi) is 3.73. The molecular weight excluding hydrogens is 276 g/mol. The summed E-state index contributed by atoms with van der Waals surface area (Å²) in [4.78, 5) is 2.44. The third-order valence-electron chi connectivity index (χ3n) is 3.76. The van der Waals surface area contributed by atoms with Crippen molar-refractivity contribution in [3.8, 4) is 6.07 Å². The van der Waals surface area contributed by atoms with E-state index >= 15 is 0 Å². The Morgan fingerprint density at radius 3 is 2.82 bits per heavy atom. The van der Waals surface area contributed by atoms with E-state index in [1.165, 1.54) is 18.5 Å². The molecule has 1 aliphatic heterocycles. The third-order valence-corrected chi connectivity index (χ3v) is 4.39. The topological polar surface area (TPSA) is 27.0 Å². The summed E-state index contributed by atoms with van der Waals surface area (Å²) >= 11 is 3.58. The van der Waals surface area contributed by atoms with Gasteiger partial charge in [-0.3, -0.25) is 0 Å². The fraction of sp³-hybridized carbons (Fsp3) is 0.500. The first-order chi connectivity index (χ1) is 8.13. The number of anilines is 1. The van der Waals surface area contributed by atoms with Gasteiger partial charge in [-0.2, -0.15) is 5.26 Å². The summed E-state index contributed by atoms with van der Waals surface area (Å²) < 4.78 is 1.03. The fourth-order valence-electron chi connectivity index (χ4n) is 2.48. The minimum Gasteiger partial charge on any atom is -0.368 e. The predicted molar refractivity (Wildman–Crippen MR) is 74.1 cm³/mol. The first kappa shape index (κ1) is 12.4. The van der Waals surface area contributed by atoms with Crippen LogP contribution in [0.15, 0.2) is 22.7 Å². The van der Waals surface area contributed by atoms with Gasteiger partial charge in [-0.25, -0.2) is 0 Å². The second kappa shape index (κ2) is 5.10. The van der Waals surface area contributed by atoms with Crippen LogP contribution < -0.4 is 4.90 Å². The summed E-state index contributed by atoms with van der Waals surface area (Å²) in [5.41, 5.74) is 1.92. The van der Waals surface area contributed by atoms with Gasteiger partial charge >= 0.3 is 0 Å². The van der Waals surface area contributed by atoms with Crippen molar-refractivity contribution in [2.75, 3.05) is 11.4 Å². The van der Waals surface area contributed by atoms with Crippen LogP contribution in [-0.2, 0) is 0 Å². The van der Waals surface area contributed by atoms with E-state index in [1.54, 1.807) is 0 Å². The Morgan fingerprint density at radius 1 is 1.41 bits per heavy atom. The van der Waals surface area contributed by atoms with E-state index < -0.39 is 0 Å². The Labute approximate surface area is 111 Å². The normalized spacial score (nSPS) is 24.5. The van der Waals surface area contributed by atoms with E-state index in [1.807, 2.05) is 12.1 Å². The molecule has 3 heteroatoms. The van der Waals surface area contributed by atoms with E-state index in [9.17, 15) is 0 Å². The monoisotopic (exact) mass is 292 g/mol. The van der Waals surface area contributed by atoms with Gasteiger partial charge in [0.1, 0.15) is 0 Å². The zero-order valence-electron chi connectivity index (χ0n) is 10.3. The van der Waals surface area contributed by atoms with Gasteiger partial charge in [0.2, 0.25) is 0 Å². The number of halogens is 1. The predicted octanol–water partition coefficient (Wildman–Crippen LogP) is 3.95. The Hall–Kier alpha value is -1.01. The molecule has 1 saturated heterocycles. The number of nitrogens with zero attached hydrogens (tertiary/aromatic N) is 2. The van der Waals surface area contributed by atoms with Crippen molar-refractivity contribution in [3.05, 3.63) is 28.2 Å². The second-order valence-electron chi connectivity index (χ2n) is 4.83. The maximum absolute atomic E-state index is 8.87. The summed E-state index contributed by atoms with van der Waals surface area (Å²) in [5.74, 6) is 0.728.